The minimum absolute atomic E-state index is 0.286. The number of benzene rings is 1. The Morgan fingerprint density at radius 1 is 1.25 bits per heavy atom. The summed E-state index contributed by atoms with van der Waals surface area (Å²) in [6.07, 6.45) is 0.917. The molecule has 1 N–H and O–H groups in total. The fourth-order valence-corrected chi connectivity index (χ4v) is 2.90. The van der Waals surface area contributed by atoms with Crippen molar-refractivity contribution in [3.8, 4) is 11.5 Å². The Balaban J connectivity index is 1.65. The number of pyridine rings is 1. The maximum absolute atomic E-state index is 13.2. The van der Waals surface area contributed by atoms with Gasteiger partial charge in [-0.15, -0.1) is 10.2 Å². The van der Waals surface area contributed by atoms with Gasteiger partial charge in [0.25, 0.3) is 5.22 Å². The smallest absolute Gasteiger partial charge is 0.413 e. The highest BCUT2D eigenvalue weighted by Gasteiger charge is 2.17. The van der Waals surface area contributed by atoms with Crippen molar-refractivity contribution in [1.82, 2.24) is 15.2 Å². The largest absolute Gasteiger partial charge is 0.444 e. The summed E-state index contributed by atoms with van der Waals surface area (Å²) in [6.45, 7) is 5.33. The minimum Gasteiger partial charge on any atom is -0.444 e. The number of anilines is 1. The van der Waals surface area contributed by atoms with Crippen LogP contribution in [-0.2, 0) is 10.5 Å². The Morgan fingerprint density at radius 2 is 2.07 bits per heavy atom. The number of ether oxygens (including phenoxy) is 1. The van der Waals surface area contributed by atoms with E-state index in [4.69, 9.17) is 9.15 Å². The highest BCUT2D eigenvalue weighted by Crippen LogP contribution is 2.26. The van der Waals surface area contributed by atoms with Crippen molar-refractivity contribution in [3.63, 3.8) is 0 Å². The number of aromatic nitrogens is 3. The summed E-state index contributed by atoms with van der Waals surface area (Å²) in [5, 5.41) is 10.9. The van der Waals surface area contributed by atoms with E-state index in [-0.39, 0.29) is 11.7 Å². The maximum Gasteiger partial charge on any atom is 0.413 e. The molecule has 0 atom stereocenters. The van der Waals surface area contributed by atoms with Crippen LogP contribution in [0, 0.1) is 5.82 Å². The lowest BCUT2D eigenvalue weighted by Crippen LogP contribution is -2.27. The minimum atomic E-state index is -0.609. The number of nitrogens with one attached hydrogen (secondary N) is 1. The lowest BCUT2D eigenvalue weighted by Gasteiger charge is -2.19. The first-order valence-electron chi connectivity index (χ1n) is 8.46. The third-order valence-corrected chi connectivity index (χ3v) is 4.18. The second kappa shape index (κ2) is 8.39. The molecule has 0 spiro atoms. The normalized spacial score (nSPS) is 11.3. The van der Waals surface area contributed by atoms with Gasteiger partial charge in [-0.25, -0.2) is 14.2 Å². The third-order valence-electron chi connectivity index (χ3n) is 3.29. The molecule has 2 aromatic heterocycles. The average molecular weight is 402 g/mol. The second-order valence-corrected chi connectivity index (χ2v) is 7.77. The first-order chi connectivity index (χ1) is 13.3. The first kappa shape index (κ1) is 19.8. The van der Waals surface area contributed by atoms with Gasteiger partial charge in [-0.05, 0) is 50.6 Å². The van der Waals surface area contributed by atoms with Crippen LogP contribution >= 0.6 is 11.8 Å². The molecule has 0 unspecified atom stereocenters. The van der Waals surface area contributed by atoms with Crippen molar-refractivity contribution < 1.29 is 18.3 Å². The molecule has 2 heterocycles. The van der Waals surface area contributed by atoms with Crippen LogP contribution in [0.15, 0.2) is 52.2 Å². The molecular formula is C19H19FN4O3S. The molecule has 0 fully saturated rings. The highest BCUT2D eigenvalue weighted by molar-refractivity contribution is 7.98. The van der Waals surface area contributed by atoms with Gasteiger partial charge in [-0.3, -0.25) is 5.32 Å². The molecular weight excluding hydrogens is 383 g/mol. The molecule has 3 aromatic rings. The van der Waals surface area contributed by atoms with E-state index in [2.05, 4.69) is 20.5 Å². The summed E-state index contributed by atoms with van der Waals surface area (Å²) < 4.78 is 24.1. The molecule has 146 valence electrons. The van der Waals surface area contributed by atoms with Crippen LogP contribution in [0.5, 0.6) is 0 Å². The van der Waals surface area contributed by atoms with E-state index < -0.39 is 11.7 Å². The predicted molar refractivity (Wildman–Crippen MR) is 103 cm³/mol. The van der Waals surface area contributed by atoms with Gasteiger partial charge in [0, 0.05) is 17.5 Å². The second-order valence-electron chi connectivity index (χ2n) is 6.85. The zero-order valence-corrected chi connectivity index (χ0v) is 16.4. The van der Waals surface area contributed by atoms with Crippen LogP contribution in [0.4, 0.5) is 15.0 Å². The van der Waals surface area contributed by atoms with Gasteiger partial charge < -0.3 is 9.15 Å². The molecule has 7 nitrogen and oxygen atoms in total. The Kier molecular flexibility index (Phi) is 5.93. The topological polar surface area (TPSA) is 90.1 Å². The van der Waals surface area contributed by atoms with Crippen molar-refractivity contribution in [2.75, 3.05) is 5.32 Å². The number of carbonyl (C=O) groups is 1. The van der Waals surface area contributed by atoms with Crippen molar-refractivity contribution >= 4 is 23.7 Å². The molecule has 0 radical (unpaired) electrons. The third kappa shape index (κ3) is 5.78. The summed E-state index contributed by atoms with van der Waals surface area (Å²) in [5.41, 5.74) is 0.811. The van der Waals surface area contributed by atoms with Gasteiger partial charge in [-0.1, -0.05) is 23.9 Å². The number of halogens is 1. The van der Waals surface area contributed by atoms with Gasteiger partial charge in [0.2, 0.25) is 5.89 Å². The zero-order valence-electron chi connectivity index (χ0n) is 15.6. The van der Waals surface area contributed by atoms with E-state index in [1.54, 1.807) is 39.0 Å². The summed E-state index contributed by atoms with van der Waals surface area (Å²) in [6, 6.07) is 9.63. The number of rotatable bonds is 5. The van der Waals surface area contributed by atoms with Crippen LogP contribution in [0.25, 0.3) is 11.5 Å². The molecule has 0 aliphatic heterocycles. The van der Waals surface area contributed by atoms with Crippen molar-refractivity contribution in [2.45, 2.75) is 37.3 Å². The molecule has 3 rings (SSSR count). The van der Waals surface area contributed by atoms with E-state index in [1.807, 2.05) is 6.07 Å². The Morgan fingerprint density at radius 3 is 2.82 bits per heavy atom. The molecule has 28 heavy (non-hydrogen) atoms. The molecule has 0 bridgehead atoms. The SMILES string of the molecule is CC(C)(C)OC(=O)Nc1cc(-c2nnc(SCc3cccc(F)c3)o2)ccn1. The van der Waals surface area contributed by atoms with E-state index >= 15 is 0 Å². The van der Waals surface area contributed by atoms with E-state index in [0.717, 1.165) is 5.56 Å². The average Bonchev–Trinajstić information content (AvgIpc) is 3.08. The summed E-state index contributed by atoms with van der Waals surface area (Å²) in [4.78, 5) is 16.0. The quantitative estimate of drug-likeness (QED) is 0.606. The van der Waals surface area contributed by atoms with E-state index in [1.165, 1.54) is 30.1 Å². The van der Waals surface area contributed by atoms with Gasteiger partial charge in [0.15, 0.2) is 0 Å². The van der Waals surface area contributed by atoms with Crippen molar-refractivity contribution in [3.05, 3.63) is 54.0 Å². The van der Waals surface area contributed by atoms with Gasteiger partial charge in [-0.2, -0.15) is 0 Å². The fraction of sp³-hybridized carbons (Fsp3) is 0.263. The highest BCUT2D eigenvalue weighted by atomic mass is 32.2. The standard InChI is InChI=1S/C19H19FN4O3S/c1-19(2,3)27-17(25)22-15-10-13(7-8-21-15)16-23-24-18(26-16)28-11-12-5-4-6-14(20)9-12/h4-10H,11H2,1-3H3,(H,21,22,25). The summed E-state index contributed by atoms with van der Waals surface area (Å²) >= 11 is 1.31. The van der Waals surface area contributed by atoms with Gasteiger partial charge >= 0.3 is 6.09 Å². The van der Waals surface area contributed by atoms with Crippen molar-refractivity contribution in [2.24, 2.45) is 0 Å². The number of nitrogens with zero attached hydrogens (tertiary/aromatic N) is 3. The lowest BCUT2D eigenvalue weighted by atomic mass is 10.2. The maximum atomic E-state index is 13.2. The Labute approximate surface area is 165 Å². The summed E-state index contributed by atoms with van der Waals surface area (Å²) in [5.74, 6) is 0.808. The fourth-order valence-electron chi connectivity index (χ4n) is 2.20. The van der Waals surface area contributed by atoms with E-state index in [9.17, 15) is 9.18 Å². The summed E-state index contributed by atoms with van der Waals surface area (Å²) in [7, 11) is 0. The van der Waals surface area contributed by atoms with Crippen LogP contribution in [-0.4, -0.2) is 26.9 Å². The van der Waals surface area contributed by atoms with Gasteiger partial charge in [0.05, 0.1) is 0 Å². The molecule has 0 saturated carbocycles. The molecule has 1 aromatic carbocycles. The predicted octanol–water partition coefficient (Wildman–Crippen LogP) is 4.91. The number of carbonyl (C=O) groups excluding carboxylic acids is 1. The molecule has 1 amide bonds. The van der Waals surface area contributed by atoms with Crippen LogP contribution in [0.3, 0.4) is 0 Å². The Hall–Kier alpha value is -2.94. The Bertz CT molecular complexity index is 972. The number of hydrogen-bond acceptors (Lipinski definition) is 7. The number of hydrogen-bond donors (Lipinski definition) is 1. The van der Waals surface area contributed by atoms with Crippen LogP contribution in [0.2, 0.25) is 0 Å². The zero-order chi connectivity index (χ0) is 20.1. The molecule has 0 aliphatic carbocycles. The molecule has 9 heteroatoms. The first-order valence-corrected chi connectivity index (χ1v) is 9.44. The monoisotopic (exact) mass is 402 g/mol. The lowest BCUT2D eigenvalue weighted by molar-refractivity contribution is 0.0635. The molecule has 0 aliphatic rings. The number of thioether (sulfide) groups is 1. The van der Waals surface area contributed by atoms with Crippen LogP contribution in [0.1, 0.15) is 26.3 Å². The van der Waals surface area contributed by atoms with Gasteiger partial charge in [0.1, 0.15) is 17.2 Å². The van der Waals surface area contributed by atoms with E-state index in [0.29, 0.717) is 22.4 Å². The molecule has 0 saturated heterocycles. The van der Waals surface area contributed by atoms with Crippen molar-refractivity contribution in [1.29, 1.82) is 0 Å². The van der Waals surface area contributed by atoms with Crippen LogP contribution < -0.4 is 5.32 Å². The number of amides is 1.